The van der Waals surface area contributed by atoms with Crippen molar-refractivity contribution >= 4 is 5.78 Å². The Labute approximate surface area is 124 Å². The molecule has 0 aliphatic heterocycles. The predicted octanol–water partition coefficient (Wildman–Crippen LogP) is 4.24. The van der Waals surface area contributed by atoms with Gasteiger partial charge in [-0.2, -0.15) is 0 Å². The van der Waals surface area contributed by atoms with E-state index in [1.165, 1.54) is 12.8 Å². The molecule has 0 aliphatic carbocycles. The van der Waals surface area contributed by atoms with Crippen LogP contribution in [0.5, 0.6) is 0 Å². The van der Waals surface area contributed by atoms with Crippen molar-refractivity contribution in [3.05, 3.63) is 34.9 Å². The minimum Gasteiger partial charge on any atom is -0.296 e. The van der Waals surface area contributed by atoms with Crippen molar-refractivity contribution in [1.29, 1.82) is 0 Å². The summed E-state index contributed by atoms with van der Waals surface area (Å²) in [6.07, 6.45) is 2.37. The average Bonchev–Trinajstić information content (AvgIpc) is 2.45. The number of ketones is 1. The number of hydrogen-bond donors (Lipinski definition) is 0. The molecule has 112 valence electrons. The number of carbonyl (C=O) groups excluding carboxylic acids is 1. The van der Waals surface area contributed by atoms with Crippen LogP contribution in [0.4, 0.5) is 0 Å². The second-order valence-corrected chi connectivity index (χ2v) is 5.75. The van der Waals surface area contributed by atoms with Crippen molar-refractivity contribution in [2.24, 2.45) is 5.92 Å². The quantitative estimate of drug-likeness (QED) is 0.661. The first-order chi connectivity index (χ1) is 9.51. The fraction of sp³-hybridized carbons (Fsp3) is 0.611. The molecule has 0 aliphatic rings. The van der Waals surface area contributed by atoms with E-state index < -0.39 is 0 Å². The number of rotatable bonds is 8. The third-order valence-corrected chi connectivity index (χ3v) is 4.18. The monoisotopic (exact) mass is 275 g/mol. The molecule has 0 spiro atoms. The summed E-state index contributed by atoms with van der Waals surface area (Å²) in [6.45, 7) is 13.2. The third kappa shape index (κ3) is 4.75. The number of carbonyl (C=O) groups is 1. The molecule has 0 atom stereocenters. The Morgan fingerprint density at radius 1 is 1.15 bits per heavy atom. The standard InChI is InChI=1S/C18H29NO/c1-6-16(7-2)12-19(8-3)13-18(20)17-11-14(4)9-10-15(17)5/h9-11,16H,6-8,12-13H2,1-5H3. The lowest BCUT2D eigenvalue weighted by Gasteiger charge is -2.24. The number of benzene rings is 1. The van der Waals surface area contributed by atoms with Crippen LogP contribution in [0.15, 0.2) is 18.2 Å². The lowest BCUT2D eigenvalue weighted by Crippen LogP contribution is -2.34. The molecule has 0 saturated heterocycles. The molecule has 0 saturated carbocycles. The van der Waals surface area contributed by atoms with Gasteiger partial charge in [0.15, 0.2) is 5.78 Å². The predicted molar refractivity (Wildman–Crippen MR) is 86.4 cm³/mol. The first kappa shape index (κ1) is 16.9. The van der Waals surface area contributed by atoms with Gasteiger partial charge in [0.2, 0.25) is 0 Å². The molecule has 20 heavy (non-hydrogen) atoms. The lowest BCUT2D eigenvalue weighted by molar-refractivity contribution is 0.0920. The fourth-order valence-electron chi connectivity index (χ4n) is 2.54. The summed E-state index contributed by atoms with van der Waals surface area (Å²) in [4.78, 5) is 14.8. The number of hydrogen-bond acceptors (Lipinski definition) is 2. The molecule has 0 radical (unpaired) electrons. The smallest absolute Gasteiger partial charge is 0.177 e. The maximum absolute atomic E-state index is 12.5. The summed E-state index contributed by atoms with van der Waals surface area (Å²) >= 11 is 0. The maximum atomic E-state index is 12.5. The third-order valence-electron chi connectivity index (χ3n) is 4.18. The van der Waals surface area contributed by atoms with Crippen molar-refractivity contribution in [2.45, 2.75) is 47.5 Å². The Kier molecular flexibility index (Phi) is 6.94. The van der Waals surface area contributed by atoms with Crippen LogP contribution in [0.3, 0.4) is 0 Å². The van der Waals surface area contributed by atoms with Crippen molar-refractivity contribution in [3.8, 4) is 0 Å². The van der Waals surface area contributed by atoms with Gasteiger partial charge >= 0.3 is 0 Å². The highest BCUT2D eigenvalue weighted by molar-refractivity contribution is 5.99. The molecule has 0 amide bonds. The number of nitrogens with zero attached hydrogens (tertiary/aromatic N) is 1. The van der Waals surface area contributed by atoms with Gasteiger partial charge in [0, 0.05) is 12.1 Å². The molecule has 0 N–H and O–H groups in total. The zero-order valence-corrected chi connectivity index (χ0v) is 13.7. The first-order valence-corrected chi connectivity index (χ1v) is 7.84. The molecule has 0 heterocycles. The highest BCUT2D eigenvalue weighted by Gasteiger charge is 2.16. The molecule has 2 heteroatoms. The van der Waals surface area contributed by atoms with Crippen LogP contribution in [0.25, 0.3) is 0 Å². The summed E-state index contributed by atoms with van der Waals surface area (Å²) in [7, 11) is 0. The van der Waals surface area contributed by atoms with Crippen LogP contribution in [0, 0.1) is 19.8 Å². The van der Waals surface area contributed by atoms with Crippen molar-refractivity contribution in [3.63, 3.8) is 0 Å². The van der Waals surface area contributed by atoms with Gasteiger partial charge in [-0.05, 0) is 37.9 Å². The van der Waals surface area contributed by atoms with Crippen molar-refractivity contribution in [2.75, 3.05) is 19.6 Å². The molecular formula is C18H29NO. The Hall–Kier alpha value is -1.15. The Bertz CT molecular complexity index is 435. The number of Topliss-reactive ketones (excluding diaryl/α,β-unsaturated/α-hetero) is 1. The summed E-state index contributed by atoms with van der Waals surface area (Å²) in [6, 6.07) is 6.12. The molecular weight excluding hydrogens is 246 g/mol. The van der Waals surface area contributed by atoms with Gasteiger partial charge in [-0.15, -0.1) is 0 Å². The SMILES string of the molecule is CCC(CC)CN(CC)CC(=O)c1cc(C)ccc1C. The molecule has 0 bridgehead atoms. The minimum absolute atomic E-state index is 0.249. The zero-order chi connectivity index (χ0) is 15.1. The second-order valence-electron chi connectivity index (χ2n) is 5.75. The van der Waals surface area contributed by atoms with E-state index in [9.17, 15) is 4.79 Å². The molecule has 0 aromatic heterocycles. The normalized spacial score (nSPS) is 11.3. The van der Waals surface area contributed by atoms with Crippen LogP contribution >= 0.6 is 0 Å². The Balaban J connectivity index is 2.74. The molecule has 0 unspecified atom stereocenters. The maximum Gasteiger partial charge on any atom is 0.177 e. The average molecular weight is 275 g/mol. The molecule has 2 nitrogen and oxygen atoms in total. The highest BCUT2D eigenvalue weighted by Crippen LogP contribution is 2.14. The summed E-state index contributed by atoms with van der Waals surface area (Å²) in [5.74, 6) is 0.945. The van der Waals surface area contributed by atoms with Gasteiger partial charge in [0.1, 0.15) is 0 Å². The fourth-order valence-corrected chi connectivity index (χ4v) is 2.54. The van der Waals surface area contributed by atoms with Crippen LogP contribution in [-0.2, 0) is 0 Å². The second kappa shape index (κ2) is 8.21. The van der Waals surface area contributed by atoms with Crippen LogP contribution < -0.4 is 0 Å². The van der Waals surface area contributed by atoms with Gasteiger partial charge in [-0.25, -0.2) is 0 Å². The lowest BCUT2D eigenvalue weighted by atomic mass is 10.00. The molecule has 1 rings (SSSR count). The Morgan fingerprint density at radius 3 is 2.35 bits per heavy atom. The molecule has 1 aromatic rings. The van der Waals surface area contributed by atoms with E-state index in [1.54, 1.807) is 0 Å². The number of likely N-dealkylation sites (N-methyl/N-ethyl adjacent to an activating group) is 1. The Morgan fingerprint density at radius 2 is 1.80 bits per heavy atom. The van der Waals surface area contributed by atoms with E-state index >= 15 is 0 Å². The van der Waals surface area contributed by atoms with E-state index in [-0.39, 0.29) is 5.78 Å². The summed E-state index contributed by atoms with van der Waals surface area (Å²) in [5.41, 5.74) is 3.12. The van der Waals surface area contributed by atoms with Gasteiger partial charge in [-0.1, -0.05) is 51.3 Å². The van der Waals surface area contributed by atoms with E-state index in [4.69, 9.17) is 0 Å². The number of aryl methyl sites for hydroxylation is 2. The van der Waals surface area contributed by atoms with Gasteiger partial charge in [0.25, 0.3) is 0 Å². The van der Waals surface area contributed by atoms with Gasteiger partial charge in [0.05, 0.1) is 6.54 Å². The van der Waals surface area contributed by atoms with E-state index in [1.807, 2.05) is 26.0 Å². The molecule has 0 fully saturated rings. The van der Waals surface area contributed by atoms with Crippen molar-refractivity contribution in [1.82, 2.24) is 4.90 Å². The van der Waals surface area contributed by atoms with E-state index in [2.05, 4.69) is 31.7 Å². The van der Waals surface area contributed by atoms with E-state index in [0.717, 1.165) is 29.8 Å². The van der Waals surface area contributed by atoms with Crippen molar-refractivity contribution < 1.29 is 4.79 Å². The van der Waals surface area contributed by atoms with Crippen LogP contribution in [0.1, 0.15) is 55.1 Å². The minimum atomic E-state index is 0.249. The first-order valence-electron chi connectivity index (χ1n) is 7.84. The van der Waals surface area contributed by atoms with Crippen LogP contribution in [0.2, 0.25) is 0 Å². The largest absolute Gasteiger partial charge is 0.296 e. The van der Waals surface area contributed by atoms with E-state index in [0.29, 0.717) is 12.5 Å². The van der Waals surface area contributed by atoms with Gasteiger partial charge in [-0.3, -0.25) is 9.69 Å². The highest BCUT2D eigenvalue weighted by atomic mass is 16.1. The summed E-state index contributed by atoms with van der Waals surface area (Å²) in [5, 5.41) is 0. The molecule has 1 aromatic carbocycles. The zero-order valence-electron chi connectivity index (χ0n) is 13.7. The van der Waals surface area contributed by atoms with Gasteiger partial charge < -0.3 is 0 Å². The van der Waals surface area contributed by atoms with Crippen LogP contribution in [-0.4, -0.2) is 30.3 Å². The topological polar surface area (TPSA) is 20.3 Å². The summed E-state index contributed by atoms with van der Waals surface area (Å²) < 4.78 is 0.